The van der Waals surface area contributed by atoms with Crippen LogP contribution >= 0.6 is 0 Å². The summed E-state index contributed by atoms with van der Waals surface area (Å²) < 4.78 is 5.12. The fourth-order valence-electron chi connectivity index (χ4n) is 2.84. The zero-order valence-electron chi connectivity index (χ0n) is 18.6. The summed E-state index contributed by atoms with van der Waals surface area (Å²) in [7, 11) is 0. The first kappa shape index (κ1) is 26.8. The van der Waals surface area contributed by atoms with Gasteiger partial charge in [-0.05, 0) is 27.2 Å². The van der Waals surface area contributed by atoms with Crippen LogP contribution in [0.25, 0.3) is 0 Å². The van der Waals surface area contributed by atoms with Crippen molar-refractivity contribution in [3.63, 3.8) is 0 Å². The van der Waals surface area contributed by atoms with Gasteiger partial charge >= 0.3 is 6.09 Å². The van der Waals surface area contributed by atoms with Crippen molar-refractivity contribution in [2.24, 2.45) is 0 Å². The molecule has 0 aliphatic heterocycles. The largest absolute Gasteiger partial charge is 0.444 e. The Morgan fingerprint density at radius 2 is 1.46 bits per heavy atom. The van der Waals surface area contributed by atoms with Gasteiger partial charge in [-0.3, -0.25) is 0 Å². The number of aliphatic hydroxyl groups excluding tert-OH is 2. The smallest absolute Gasteiger partial charge is 0.408 e. The lowest BCUT2D eigenvalue weighted by atomic mass is 10.1. The number of hydrogen-bond acceptors (Lipinski definition) is 4. The van der Waals surface area contributed by atoms with Crippen molar-refractivity contribution in [1.82, 2.24) is 5.32 Å². The molecule has 5 heteroatoms. The maximum absolute atomic E-state index is 11.7. The number of nitrogens with one attached hydrogen (secondary N) is 1. The highest BCUT2D eigenvalue weighted by molar-refractivity contribution is 5.68. The number of alkyl carbamates (subject to hydrolysis) is 1. The molecule has 0 aliphatic rings. The van der Waals surface area contributed by atoms with Gasteiger partial charge in [0.05, 0.1) is 12.6 Å². The zero-order chi connectivity index (χ0) is 21.3. The zero-order valence-corrected chi connectivity index (χ0v) is 18.6. The maximum Gasteiger partial charge on any atom is 0.408 e. The Morgan fingerprint density at radius 3 is 1.93 bits per heavy atom. The molecule has 0 aromatic carbocycles. The van der Waals surface area contributed by atoms with Crippen molar-refractivity contribution in [3.8, 4) is 11.8 Å². The monoisotopic (exact) mass is 397 g/mol. The fourth-order valence-corrected chi connectivity index (χ4v) is 2.84. The summed E-state index contributed by atoms with van der Waals surface area (Å²) in [6.45, 7) is 7.11. The van der Waals surface area contributed by atoms with Crippen LogP contribution in [0.5, 0.6) is 0 Å². The van der Waals surface area contributed by atoms with Crippen LogP contribution in [-0.4, -0.2) is 40.7 Å². The molecule has 0 rings (SSSR count). The van der Waals surface area contributed by atoms with E-state index in [2.05, 4.69) is 24.1 Å². The predicted octanol–water partition coefficient (Wildman–Crippen LogP) is 4.94. The molecule has 0 radical (unpaired) electrons. The molecular formula is C23H43NO4. The second-order valence-corrected chi connectivity index (χ2v) is 8.49. The lowest BCUT2D eigenvalue weighted by molar-refractivity contribution is 0.0413. The van der Waals surface area contributed by atoms with Gasteiger partial charge in [0.25, 0.3) is 0 Å². The van der Waals surface area contributed by atoms with Crippen LogP contribution in [-0.2, 0) is 4.74 Å². The van der Waals surface area contributed by atoms with E-state index in [1.165, 1.54) is 57.8 Å². The Balaban J connectivity index is 3.79. The van der Waals surface area contributed by atoms with Gasteiger partial charge in [0, 0.05) is 6.42 Å². The number of carbonyl (C=O) groups is 1. The molecule has 3 N–H and O–H groups in total. The van der Waals surface area contributed by atoms with Crippen LogP contribution in [0.2, 0.25) is 0 Å². The number of amides is 1. The van der Waals surface area contributed by atoms with Crippen molar-refractivity contribution in [2.45, 2.75) is 122 Å². The average molecular weight is 398 g/mol. The number of rotatable bonds is 14. The first-order chi connectivity index (χ1) is 13.3. The minimum absolute atomic E-state index is 0.395. The molecule has 1 amide bonds. The molecule has 2 unspecified atom stereocenters. The number of hydrogen-bond donors (Lipinski definition) is 3. The first-order valence-electron chi connectivity index (χ1n) is 11.1. The molecule has 0 heterocycles. The van der Waals surface area contributed by atoms with Gasteiger partial charge in [-0.25, -0.2) is 4.79 Å². The minimum Gasteiger partial charge on any atom is -0.444 e. The van der Waals surface area contributed by atoms with Gasteiger partial charge in [-0.1, -0.05) is 77.1 Å². The van der Waals surface area contributed by atoms with E-state index in [0.29, 0.717) is 0 Å². The molecule has 0 saturated carbocycles. The van der Waals surface area contributed by atoms with E-state index in [4.69, 9.17) is 4.74 Å². The highest BCUT2D eigenvalue weighted by Gasteiger charge is 2.22. The summed E-state index contributed by atoms with van der Waals surface area (Å²) in [5, 5.41) is 21.8. The Hall–Kier alpha value is -1.25. The van der Waals surface area contributed by atoms with Gasteiger partial charge in [0.15, 0.2) is 0 Å². The van der Waals surface area contributed by atoms with E-state index in [1.807, 2.05) is 0 Å². The van der Waals surface area contributed by atoms with E-state index in [-0.39, 0.29) is 0 Å². The van der Waals surface area contributed by atoms with Crippen LogP contribution in [0.3, 0.4) is 0 Å². The van der Waals surface area contributed by atoms with Crippen molar-refractivity contribution in [3.05, 3.63) is 0 Å². The van der Waals surface area contributed by atoms with Gasteiger partial charge < -0.3 is 20.3 Å². The summed E-state index contributed by atoms with van der Waals surface area (Å²) in [6, 6.07) is -0.848. The molecule has 0 aliphatic carbocycles. The number of aliphatic hydroxyl groups is 2. The van der Waals surface area contributed by atoms with E-state index in [0.717, 1.165) is 19.3 Å². The first-order valence-corrected chi connectivity index (χ1v) is 11.1. The van der Waals surface area contributed by atoms with E-state index >= 15 is 0 Å². The predicted molar refractivity (Wildman–Crippen MR) is 115 cm³/mol. The molecule has 0 aromatic rings. The molecule has 0 bridgehead atoms. The van der Waals surface area contributed by atoms with E-state index in [1.54, 1.807) is 20.8 Å². The minimum atomic E-state index is -1.11. The molecule has 0 spiro atoms. The lowest BCUT2D eigenvalue weighted by Crippen LogP contribution is -2.47. The summed E-state index contributed by atoms with van der Waals surface area (Å²) >= 11 is 0. The molecule has 2 atom stereocenters. The van der Waals surface area contributed by atoms with Gasteiger partial charge in [-0.15, -0.1) is 5.92 Å². The van der Waals surface area contributed by atoms with Crippen LogP contribution in [0.1, 0.15) is 105 Å². The second kappa shape index (κ2) is 16.7. The molecule has 0 saturated heterocycles. The van der Waals surface area contributed by atoms with Crippen LogP contribution < -0.4 is 5.32 Å². The van der Waals surface area contributed by atoms with Crippen LogP contribution in [0.15, 0.2) is 0 Å². The quantitative estimate of drug-likeness (QED) is 0.287. The van der Waals surface area contributed by atoms with Crippen molar-refractivity contribution >= 4 is 6.09 Å². The molecular weight excluding hydrogens is 354 g/mol. The number of unbranched alkanes of at least 4 members (excludes halogenated alkanes) is 11. The summed E-state index contributed by atoms with van der Waals surface area (Å²) in [6.07, 6.45) is 13.1. The summed E-state index contributed by atoms with van der Waals surface area (Å²) in [4.78, 5) is 11.7. The number of ether oxygens (including phenoxy) is 1. The SMILES string of the molecule is CCCCCCCCCCCCCC#CC(O)C(CO)NC(=O)OC(C)(C)C. The van der Waals surface area contributed by atoms with Crippen molar-refractivity contribution in [1.29, 1.82) is 0 Å². The van der Waals surface area contributed by atoms with E-state index in [9.17, 15) is 15.0 Å². The highest BCUT2D eigenvalue weighted by atomic mass is 16.6. The topological polar surface area (TPSA) is 78.8 Å². The molecule has 28 heavy (non-hydrogen) atoms. The Kier molecular flexibility index (Phi) is 15.9. The third-order valence-corrected chi connectivity index (χ3v) is 4.44. The van der Waals surface area contributed by atoms with E-state index < -0.39 is 30.4 Å². The number of carbonyl (C=O) groups excluding carboxylic acids is 1. The molecule has 0 aromatic heterocycles. The normalized spacial score (nSPS) is 13.4. The Bertz CT molecular complexity index is 448. The summed E-state index contributed by atoms with van der Waals surface area (Å²) in [5.74, 6) is 5.66. The standard InChI is InChI=1S/C23H43NO4/c1-5-6-7-8-9-10-11-12-13-14-15-16-17-18-21(26)20(19-25)24-22(27)28-23(2,3)4/h20-21,25-26H,5-16,19H2,1-4H3,(H,24,27). The summed E-state index contributed by atoms with van der Waals surface area (Å²) in [5.41, 5.74) is -0.629. The molecule has 0 fully saturated rings. The average Bonchev–Trinajstić information content (AvgIpc) is 2.61. The third kappa shape index (κ3) is 16.9. The Morgan fingerprint density at radius 1 is 0.964 bits per heavy atom. The molecule has 164 valence electrons. The van der Waals surface area contributed by atoms with Crippen molar-refractivity contribution in [2.75, 3.05) is 6.61 Å². The maximum atomic E-state index is 11.7. The van der Waals surface area contributed by atoms with Gasteiger partial charge in [-0.2, -0.15) is 0 Å². The third-order valence-electron chi connectivity index (χ3n) is 4.44. The van der Waals surface area contributed by atoms with Crippen molar-refractivity contribution < 1.29 is 19.7 Å². The molecule has 5 nitrogen and oxygen atoms in total. The fraction of sp³-hybridized carbons (Fsp3) is 0.870. The Labute approximate surface area is 172 Å². The van der Waals surface area contributed by atoms with Gasteiger partial charge in [0.2, 0.25) is 0 Å². The highest BCUT2D eigenvalue weighted by Crippen LogP contribution is 2.12. The lowest BCUT2D eigenvalue weighted by Gasteiger charge is -2.23. The van der Waals surface area contributed by atoms with Gasteiger partial charge in [0.1, 0.15) is 11.7 Å². The second-order valence-electron chi connectivity index (χ2n) is 8.49. The van der Waals surface area contributed by atoms with Crippen LogP contribution in [0.4, 0.5) is 4.79 Å². The van der Waals surface area contributed by atoms with Crippen LogP contribution in [0, 0.1) is 11.8 Å².